The number of nitrogens with zero attached hydrogens (tertiary/aromatic N) is 2. The highest BCUT2D eigenvalue weighted by atomic mass is 32.1. The molecule has 2 atom stereocenters. The summed E-state index contributed by atoms with van der Waals surface area (Å²) >= 11 is 1.67. The van der Waals surface area contributed by atoms with Crippen molar-refractivity contribution in [2.75, 3.05) is 19.6 Å². The van der Waals surface area contributed by atoms with Gasteiger partial charge in [0.2, 0.25) is 0 Å². The summed E-state index contributed by atoms with van der Waals surface area (Å²) in [5.74, 6) is 2.43. The molecular formula is C16H21N3OS. The van der Waals surface area contributed by atoms with Crippen LogP contribution in [0.2, 0.25) is 0 Å². The highest BCUT2D eigenvalue weighted by molar-refractivity contribution is 7.13. The van der Waals surface area contributed by atoms with Crippen LogP contribution >= 0.6 is 11.3 Å². The lowest BCUT2D eigenvalue weighted by Crippen LogP contribution is -2.43. The van der Waals surface area contributed by atoms with E-state index in [1.54, 1.807) is 17.6 Å². The Morgan fingerprint density at radius 1 is 1.48 bits per heavy atom. The summed E-state index contributed by atoms with van der Waals surface area (Å²) in [6, 6.07) is 3.88. The van der Waals surface area contributed by atoms with Crippen molar-refractivity contribution in [1.82, 2.24) is 15.2 Å². The van der Waals surface area contributed by atoms with Crippen LogP contribution in [0.5, 0.6) is 0 Å². The average molecular weight is 303 g/mol. The number of rotatable bonds is 3. The lowest BCUT2D eigenvalue weighted by molar-refractivity contribution is 0.130. The van der Waals surface area contributed by atoms with Gasteiger partial charge in [0.25, 0.3) is 0 Å². The molecule has 0 bridgehead atoms. The topological polar surface area (TPSA) is 41.3 Å². The van der Waals surface area contributed by atoms with Crippen molar-refractivity contribution in [3.05, 3.63) is 29.5 Å². The Kier molecular flexibility index (Phi) is 3.17. The van der Waals surface area contributed by atoms with Gasteiger partial charge in [0, 0.05) is 30.6 Å². The monoisotopic (exact) mass is 303 g/mol. The molecule has 2 saturated heterocycles. The Bertz CT molecular complexity index is 619. The molecule has 2 fully saturated rings. The third-order valence-electron chi connectivity index (χ3n) is 5.15. The molecule has 4 rings (SSSR count). The van der Waals surface area contributed by atoms with Gasteiger partial charge < -0.3 is 9.73 Å². The van der Waals surface area contributed by atoms with Gasteiger partial charge in [-0.15, -0.1) is 11.3 Å². The Hall–Kier alpha value is -1.17. The standard InChI is InChI=1S/C16H21N3OS/c1-16(2)13-7-17-6-11(13)8-19(16)9-12-10-21-15(18-12)14-4-3-5-20-14/h3-5,10-11,13,17H,6-9H2,1-2H3. The lowest BCUT2D eigenvalue weighted by Gasteiger charge is -2.35. The molecule has 0 amide bonds. The highest BCUT2D eigenvalue weighted by Gasteiger charge is 2.49. The summed E-state index contributed by atoms with van der Waals surface area (Å²) in [6.07, 6.45) is 1.70. The molecule has 2 aromatic heterocycles. The molecule has 2 aromatic rings. The number of hydrogen-bond acceptors (Lipinski definition) is 5. The quantitative estimate of drug-likeness (QED) is 0.946. The minimum Gasteiger partial charge on any atom is -0.462 e. The molecule has 0 saturated carbocycles. The Morgan fingerprint density at radius 2 is 2.38 bits per heavy atom. The van der Waals surface area contributed by atoms with Crippen molar-refractivity contribution in [2.45, 2.75) is 25.9 Å². The smallest absolute Gasteiger partial charge is 0.162 e. The van der Waals surface area contributed by atoms with Crippen molar-refractivity contribution in [1.29, 1.82) is 0 Å². The summed E-state index contributed by atoms with van der Waals surface area (Å²) in [6.45, 7) is 9.20. The SMILES string of the molecule is CC1(C)C2CNCC2CN1Cc1csc(-c2ccco2)n1. The van der Waals surface area contributed by atoms with Crippen LogP contribution in [-0.2, 0) is 6.54 Å². The molecule has 4 nitrogen and oxygen atoms in total. The molecule has 0 aliphatic carbocycles. The van der Waals surface area contributed by atoms with E-state index in [4.69, 9.17) is 9.40 Å². The molecule has 21 heavy (non-hydrogen) atoms. The Balaban J connectivity index is 1.52. The fraction of sp³-hybridized carbons (Fsp3) is 0.562. The van der Waals surface area contributed by atoms with Gasteiger partial charge in [-0.3, -0.25) is 4.90 Å². The molecular weight excluding hydrogens is 282 g/mol. The third kappa shape index (κ3) is 2.24. The molecule has 0 spiro atoms. The van der Waals surface area contributed by atoms with Crippen molar-refractivity contribution in [3.8, 4) is 10.8 Å². The zero-order valence-electron chi connectivity index (χ0n) is 12.5. The van der Waals surface area contributed by atoms with Gasteiger partial charge in [-0.05, 0) is 44.4 Å². The van der Waals surface area contributed by atoms with E-state index in [0.29, 0.717) is 0 Å². The first kappa shape index (κ1) is 13.5. The fourth-order valence-corrected chi connectivity index (χ4v) is 4.64. The first-order valence-electron chi connectivity index (χ1n) is 7.58. The van der Waals surface area contributed by atoms with E-state index in [2.05, 4.69) is 29.4 Å². The summed E-state index contributed by atoms with van der Waals surface area (Å²) in [5.41, 5.74) is 1.41. The van der Waals surface area contributed by atoms with Crippen LogP contribution < -0.4 is 5.32 Å². The van der Waals surface area contributed by atoms with Gasteiger partial charge in [-0.2, -0.15) is 0 Å². The summed E-state index contributed by atoms with van der Waals surface area (Å²) in [4.78, 5) is 7.34. The summed E-state index contributed by atoms with van der Waals surface area (Å²) < 4.78 is 5.43. The zero-order valence-corrected chi connectivity index (χ0v) is 13.3. The van der Waals surface area contributed by atoms with Gasteiger partial charge in [0.1, 0.15) is 0 Å². The summed E-state index contributed by atoms with van der Waals surface area (Å²) in [5, 5.41) is 6.68. The Morgan fingerprint density at radius 3 is 3.14 bits per heavy atom. The molecule has 2 aliphatic rings. The average Bonchev–Trinajstić information content (AvgIpc) is 3.20. The third-order valence-corrected chi connectivity index (χ3v) is 6.06. The number of thiazole rings is 1. The maximum absolute atomic E-state index is 5.43. The van der Waals surface area contributed by atoms with Gasteiger partial charge in [-0.25, -0.2) is 4.98 Å². The molecule has 112 valence electrons. The number of furan rings is 1. The van der Waals surface area contributed by atoms with Crippen LogP contribution in [0.4, 0.5) is 0 Å². The molecule has 0 radical (unpaired) electrons. The minimum absolute atomic E-state index is 0.253. The second kappa shape index (κ2) is 4.93. The second-order valence-corrected chi connectivity index (χ2v) is 7.54. The lowest BCUT2D eigenvalue weighted by atomic mass is 9.85. The molecule has 0 aromatic carbocycles. The number of aromatic nitrogens is 1. The van der Waals surface area contributed by atoms with Gasteiger partial charge in [0.15, 0.2) is 10.8 Å². The first-order chi connectivity index (χ1) is 10.1. The highest BCUT2D eigenvalue weighted by Crippen LogP contribution is 2.41. The Labute approximate surface area is 129 Å². The largest absolute Gasteiger partial charge is 0.462 e. The number of hydrogen-bond donors (Lipinski definition) is 1. The zero-order chi connectivity index (χ0) is 14.4. The van der Waals surface area contributed by atoms with Gasteiger partial charge in [0.05, 0.1) is 12.0 Å². The molecule has 5 heteroatoms. The van der Waals surface area contributed by atoms with E-state index in [0.717, 1.165) is 41.4 Å². The van der Waals surface area contributed by atoms with E-state index < -0.39 is 0 Å². The number of fused-ring (bicyclic) bond motifs is 1. The minimum atomic E-state index is 0.253. The van der Waals surface area contributed by atoms with E-state index in [-0.39, 0.29) is 5.54 Å². The van der Waals surface area contributed by atoms with Gasteiger partial charge in [-0.1, -0.05) is 0 Å². The van der Waals surface area contributed by atoms with E-state index >= 15 is 0 Å². The maximum Gasteiger partial charge on any atom is 0.162 e. The number of likely N-dealkylation sites (tertiary alicyclic amines) is 1. The van der Waals surface area contributed by atoms with Crippen LogP contribution in [0.3, 0.4) is 0 Å². The second-order valence-electron chi connectivity index (χ2n) is 6.68. The van der Waals surface area contributed by atoms with Crippen molar-refractivity contribution in [3.63, 3.8) is 0 Å². The van der Waals surface area contributed by atoms with E-state index in [9.17, 15) is 0 Å². The van der Waals surface area contributed by atoms with Crippen molar-refractivity contribution >= 4 is 11.3 Å². The van der Waals surface area contributed by atoms with Crippen molar-refractivity contribution in [2.24, 2.45) is 11.8 Å². The molecule has 2 aliphatic heterocycles. The molecule has 1 N–H and O–H groups in total. The van der Waals surface area contributed by atoms with E-state index in [1.807, 2.05) is 12.1 Å². The molecule has 4 heterocycles. The van der Waals surface area contributed by atoms with Crippen LogP contribution in [0.25, 0.3) is 10.8 Å². The van der Waals surface area contributed by atoms with Crippen LogP contribution in [0, 0.1) is 11.8 Å². The van der Waals surface area contributed by atoms with Crippen molar-refractivity contribution < 1.29 is 4.42 Å². The van der Waals surface area contributed by atoms with Crippen LogP contribution in [0.15, 0.2) is 28.2 Å². The first-order valence-corrected chi connectivity index (χ1v) is 8.46. The summed E-state index contributed by atoms with van der Waals surface area (Å²) in [7, 11) is 0. The van der Waals surface area contributed by atoms with Crippen LogP contribution in [-0.4, -0.2) is 35.1 Å². The van der Waals surface area contributed by atoms with Gasteiger partial charge >= 0.3 is 0 Å². The van der Waals surface area contributed by atoms with E-state index in [1.165, 1.54) is 13.1 Å². The molecule has 2 unspecified atom stereocenters. The predicted octanol–water partition coefficient (Wildman–Crippen LogP) is 2.83. The maximum atomic E-state index is 5.43. The van der Waals surface area contributed by atoms with Crippen LogP contribution in [0.1, 0.15) is 19.5 Å². The fourth-order valence-electron chi connectivity index (χ4n) is 3.86. The predicted molar refractivity (Wildman–Crippen MR) is 84.2 cm³/mol. The normalized spacial score (nSPS) is 28.1. The number of nitrogens with one attached hydrogen (secondary N) is 1.